The zero-order valence-electron chi connectivity index (χ0n) is 6.99. The van der Waals surface area contributed by atoms with Crippen LogP contribution in [0.1, 0.15) is 18.0 Å². The first-order valence-corrected chi connectivity index (χ1v) is 5.10. The molecule has 0 aliphatic heterocycles. The van der Waals surface area contributed by atoms with Gasteiger partial charge in [0.05, 0.1) is 10.2 Å². The first-order valence-electron chi connectivity index (χ1n) is 3.91. The van der Waals surface area contributed by atoms with Crippen molar-refractivity contribution in [1.29, 1.82) is 0 Å². The lowest BCUT2D eigenvalue weighted by Crippen LogP contribution is -1.87. The molecule has 4 heteroatoms. The first-order chi connectivity index (χ1) is 6.16. The minimum absolute atomic E-state index is 0.504. The van der Waals surface area contributed by atoms with E-state index >= 15 is 0 Å². The van der Waals surface area contributed by atoms with Crippen LogP contribution in [0.25, 0.3) is 10.2 Å². The van der Waals surface area contributed by atoms with Crippen LogP contribution < -0.4 is 0 Å². The summed E-state index contributed by atoms with van der Waals surface area (Å²) in [6.07, 6.45) is -0.504. The SMILES string of the molecule is C[C@H](O)c1nc2cc(Cl)ccc2s1. The number of aliphatic hydroxyl groups excluding tert-OH is 1. The number of benzene rings is 1. The van der Waals surface area contributed by atoms with Gasteiger partial charge in [0.25, 0.3) is 0 Å². The Morgan fingerprint density at radius 3 is 3.00 bits per heavy atom. The fraction of sp³-hybridized carbons (Fsp3) is 0.222. The van der Waals surface area contributed by atoms with Gasteiger partial charge in [-0.15, -0.1) is 11.3 Å². The summed E-state index contributed by atoms with van der Waals surface area (Å²) >= 11 is 7.30. The van der Waals surface area contributed by atoms with Crippen LogP contribution in [0.4, 0.5) is 0 Å². The van der Waals surface area contributed by atoms with Crippen molar-refractivity contribution in [1.82, 2.24) is 4.98 Å². The van der Waals surface area contributed by atoms with Gasteiger partial charge in [-0.2, -0.15) is 0 Å². The lowest BCUT2D eigenvalue weighted by atomic mass is 10.3. The molecule has 2 rings (SSSR count). The zero-order chi connectivity index (χ0) is 9.42. The second-order valence-electron chi connectivity index (χ2n) is 2.84. The summed E-state index contributed by atoms with van der Waals surface area (Å²) < 4.78 is 1.06. The van der Waals surface area contributed by atoms with E-state index in [1.807, 2.05) is 12.1 Å². The number of halogens is 1. The van der Waals surface area contributed by atoms with E-state index in [1.54, 1.807) is 13.0 Å². The summed E-state index contributed by atoms with van der Waals surface area (Å²) in [5.41, 5.74) is 0.855. The Hall–Kier alpha value is -0.640. The van der Waals surface area contributed by atoms with Crippen molar-refractivity contribution in [2.24, 2.45) is 0 Å². The molecular weight excluding hydrogens is 206 g/mol. The molecular formula is C9H8ClNOS. The maximum atomic E-state index is 9.31. The van der Waals surface area contributed by atoms with Gasteiger partial charge in [0.2, 0.25) is 0 Å². The van der Waals surface area contributed by atoms with Crippen LogP contribution in [0.15, 0.2) is 18.2 Å². The lowest BCUT2D eigenvalue weighted by Gasteiger charge is -1.93. The van der Waals surface area contributed by atoms with E-state index in [4.69, 9.17) is 11.6 Å². The molecule has 0 saturated heterocycles. The quantitative estimate of drug-likeness (QED) is 0.790. The molecule has 0 aliphatic carbocycles. The van der Waals surface area contributed by atoms with E-state index in [2.05, 4.69) is 4.98 Å². The number of hydrogen-bond acceptors (Lipinski definition) is 3. The van der Waals surface area contributed by atoms with Gasteiger partial charge >= 0.3 is 0 Å². The largest absolute Gasteiger partial charge is 0.386 e. The number of thiazole rings is 1. The molecule has 0 radical (unpaired) electrons. The maximum Gasteiger partial charge on any atom is 0.122 e. The third-order valence-electron chi connectivity index (χ3n) is 1.72. The van der Waals surface area contributed by atoms with Crippen LogP contribution in [0.3, 0.4) is 0 Å². The predicted octanol–water partition coefficient (Wildman–Crippen LogP) is 3.00. The van der Waals surface area contributed by atoms with Gasteiger partial charge < -0.3 is 5.11 Å². The Kier molecular flexibility index (Phi) is 2.24. The smallest absolute Gasteiger partial charge is 0.122 e. The summed E-state index contributed by atoms with van der Waals surface area (Å²) in [5.74, 6) is 0. The fourth-order valence-corrected chi connectivity index (χ4v) is 2.15. The number of fused-ring (bicyclic) bond motifs is 1. The molecule has 68 valence electrons. The molecule has 0 aliphatic rings. The molecule has 13 heavy (non-hydrogen) atoms. The van der Waals surface area contributed by atoms with Gasteiger partial charge in [0, 0.05) is 5.02 Å². The highest BCUT2D eigenvalue weighted by atomic mass is 35.5. The highest BCUT2D eigenvalue weighted by molar-refractivity contribution is 7.18. The second kappa shape index (κ2) is 3.25. The Morgan fingerprint density at radius 1 is 1.54 bits per heavy atom. The normalized spacial score (nSPS) is 13.5. The number of nitrogens with zero attached hydrogens (tertiary/aromatic N) is 1. The summed E-state index contributed by atoms with van der Waals surface area (Å²) in [5, 5.41) is 10.7. The van der Waals surface area contributed by atoms with Crippen LogP contribution in [0.5, 0.6) is 0 Å². The van der Waals surface area contributed by atoms with Crippen LogP contribution in [-0.4, -0.2) is 10.1 Å². The molecule has 2 nitrogen and oxygen atoms in total. The van der Waals surface area contributed by atoms with E-state index < -0.39 is 6.10 Å². The Labute approximate surface area is 84.8 Å². The molecule has 1 atom stereocenters. The van der Waals surface area contributed by atoms with Gasteiger partial charge in [-0.05, 0) is 25.1 Å². The van der Waals surface area contributed by atoms with Crippen molar-refractivity contribution in [3.05, 3.63) is 28.2 Å². The van der Waals surface area contributed by atoms with Crippen molar-refractivity contribution < 1.29 is 5.11 Å². The molecule has 0 fully saturated rings. The van der Waals surface area contributed by atoms with E-state index in [0.29, 0.717) is 5.02 Å². The van der Waals surface area contributed by atoms with E-state index in [-0.39, 0.29) is 0 Å². The fourth-order valence-electron chi connectivity index (χ4n) is 1.10. The van der Waals surface area contributed by atoms with E-state index in [0.717, 1.165) is 15.2 Å². The van der Waals surface area contributed by atoms with Gasteiger partial charge in [-0.25, -0.2) is 4.98 Å². The highest BCUT2D eigenvalue weighted by Crippen LogP contribution is 2.27. The summed E-state index contributed by atoms with van der Waals surface area (Å²) in [4.78, 5) is 4.26. The predicted molar refractivity (Wildman–Crippen MR) is 55.3 cm³/mol. The van der Waals surface area contributed by atoms with Crippen LogP contribution in [-0.2, 0) is 0 Å². The molecule has 0 amide bonds. The molecule has 0 saturated carbocycles. The number of aliphatic hydroxyl groups is 1. The van der Waals surface area contributed by atoms with Crippen molar-refractivity contribution in [2.75, 3.05) is 0 Å². The van der Waals surface area contributed by atoms with Crippen LogP contribution in [0.2, 0.25) is 5.02 Å². The van der Waals surface area contributed by atoms with Crippen LogP contribution >= 0.6 is 22.9 Å². The van der Waals surface area contributed by atoms with E-state index in [1.165, 1.54) is 11.3 Å². The van der Waals surface area contributed by atoms with Gasteiger partial charge in [-0.1, -0.05) is 11.6 Å². The van der Waals surface area contributed by atoms with Crippen molar-refractivity contribution in [3.63, 3.8) is 0 Å². The van der Waals surface area contributed by atoms with Crippen molar-refractivity contribution >= 4 is 33.2 Å². The van der Waals surface area contributed by atoms with Gasteiger partial charge in [0.15, 0.2) is 0 Å². The standard InChI is InChI=1S/C9H8ClNOS/c1-5(12)9-11-7-4-6(10)2-3-8(7)13-9/h2-5,12H,1H3/t5-/m0/s1. The highest BCUT2D eigenvalue weighted by Gasteiger charge is 2.08. The summed E-state index contributed by atoms with van der Waals surface area (Å²) in [7, 11) is 0. The number of hydrogen-bond donors (Lipinski definition) is 1. The Balaban J connectivity index is 2.62. The number of rotatable bonds is 1. The third-order valence-corrected chi connectivity index (χ3v) is 3.17. The monoisotopic (exact) mass is 213 g/mol. The van der Waals surface area contributed by atoms with Crippen molar-refractivity contribution in [2.45, 2.75) is 13.0 Å². The molecule has 1 heterocycles. The minimum atomic E-state index is -0.504. The Morgan fingerprint density at radius 2 is 2.31 bits per heavy atom. The van der Waals surface area contributed by atoms with E-state index in [9.17, 15) is 5.11 Å². The molecule has 2 aromatic rings. The second-order valence-corrected chi connectivity index (χ2v) is 4.34. The minimum Gasteiger partial charge on any atom is -0.386 e. The zero-order valence-corrected chi connectivity index (χ0v) is 8.56. The average molecular weight is 214 g/mol. The molecule has 1 aromatic heterocycles. The number of aromatic nitrogens is 1. The average Bonchev–Trinajstić information content (AvgIpc) is 2.46. The van der Waals surface area contributed by atoms with Gasteiger partial charge in [-0.3, -0.25) is 0 Å². The third kappa shape index (κ3) is 1.68. The molecule has 0 spiro atoms. The first kappa shape index (κ1) is 8.94. The molecule has 1 N–H and O–H groups in total. The molecule has 1 aromatic carbocycles. The Bertz CT molecular complexity index is 438. The topological polar surface area (TPSA) is 33.1 Å². The van der Waals surface area contributed by atoms with Crippen molar-refractivity contribution in [3.8, 4) is 0 Å². The molecule has 0 unspecified atom stereocenters. The lowest BCUT2D eigenvalue weighted by molar-refractivity contribution is 0.199. The maximum absolute atomic E-state index is 9.31. The summed E-state index contributed by atoms with van der Waals surface area (Å²) in [6, 6.07) is 5.55. The molecule has 0 bridgehead atoms. The van der Waals surface area contributed by atoms with Crippen LogP contribution in [0, 0.1) is 0 Å². The van der Waals surface area contributed by atoms with Gasteiger partial charge in [0.1, 0.15) is 11.1 Å². The summed E-state index contributed by atoms with van der Waals surface area (Å²) in [6.45, 7) is 1.71.